The van der Waals surface area contributed by atoms with Crippen LogP contribution in [0.25, 0.3) is 0 Å². The smallest absolute Gasteiger partial charge is 0.407 e. The summed E-state index contributed by atoms with van der Waals surface area (Å²) in [6.45, 7) is 2.02. The molecule has 1 aromatic rings. The first-order chi connectivity index (χ1) is 10.0. The van der Waals surface area contributed by atoms with Crippen molar-refractivity contribution in [3.63, 3.8) is 0 Å². The molecule has 1 aromatic carbocycles. The molecule has 0 saturated carbocycles. The maximum absolute atomic E-state index is 13.3. The average molecular weight is 295 g/mol. The molecule has 1 saturated heterocycles. The zero-order chi connectivity index (χ0) is 15.4. The topological polar surface area (TPSA) is 60.8 Å². The molecule has 1 aliphatic heterocycles. The van der Waals surface area contributed by atoms with Crippen molar-refractivity contribution in [3.8, 4) is 0 Å². The molecule has 21 heavy (non-hydrogen) atoms. The largest absolute Gasteiger partial charge is 0.465 e. The molecular formula is C16H22FNO3. The van der Waals surface area contributed by atoms with Crippen LogP contribution < -0.4 is 0 Å². The number of aliphatic hydroxyl groups is 1. The van der Waals surface area contributed by atoms with E-state index >= 15 is 0 Å². The van der Waals surface area contributed by atoms with E-state index in [0.29, 0.717) is 12.0 Å². The Morgan fingerprint density at radius 1 is 1.48 bits per heavy atom. The Morgan fingerprint density at radius 3 is 2.86 bits per heavy atom. The van der Waals surface area contributed by atoms with Crippen molar-refractivity contribution in [2.45, 2.75) is 57.2 Å². The van der Waals surface area contributed by atoms with Gasteiger partial charge in [0.1, 0.15) is 5.82 Å². The van der Waals surface area contributed by atoms with Crippen LogP contribution in [-0.4, -0.2) is 33.3 Å². The summed E-state index contributed by atoms with van der Waals surface area (Å²) >= 11 is 0. The van der Waals surface area contributed by atoms with Crippen molar-refractivity contribution in [1.29, 1.82) is 0 Å². The second-order valence-corrected chi connectivity index (χ2v) is 5.63. The second kappa shape index (κ2) is 6.89. The van der Waals surface area contributed by atoms with Crippen LogP contribution in [-0.2, 0) is 0 Å². The average Bonchev–Trinajstić information content (AvgIpc) is 2.46. The fourth-order valence-corrected chi connectivity index (χ4v) is 3.25. The van der Waals surface area contributed by atoms with E-state index in [1.54, 1.807) is 6.07 Å². The van der Waals surface area contributed by atoms with E-state index in [1.165, 1.54) is 23.1 Å². The van der Waals surface area contributed by atoms with Crippen LogP contribution in [0.1, 0.15) is 50.7 Å². The number of rotatable bonds is 4. The second-order valence-electron chi connectivity index (χ2n) is 5.63. The first-order valence-electron chi connectivity index (χ1n) is 7.49. The lowest BCUT2D eigenvalue weighted by atomic mass is 9.88. The summed E-state index contributed by atoms with van der Waals surface area (Å²) < 4.78 is 13.3. The number of halogens is 1. The van der Waals surface area contributed by atoms with Gasteiger partial charge in [-0.05, 0) is 43.4 Å². The summed E-state index contributed by atoms with van der Waals surface area (Å²) in [6.07, 6.45) is 2.00. The summed E-state index contributed by atoms with van der Waals surface area (Å²) in [6, 6.07) is 5.19. The molecule has 0 unspecified atom stereocenters. The lowest BCUT2D eigenvalue weighted by Crippen LogP contribution is -2.51. The Hall–Kier alpha value is -1.62. The van der Waals surface area contributed by atoms with E-state index < -0.39 is 24.1 Å². The molecule has 3 atom stereocenters. The number of benzene rings is 1. The van der Waals surface area contributed by atoms with Crippen molar-refractivity contribution in [2.75, 3.05) is 0 Å². The minimum atomic E-state index is -1.01. The van der Waals surface area contributed by atoms with Crippen molar-refractivity contribution in [1.82, 2.24) is 4.90 Å². The maximum atomic E-state index is 13.3. The molecule has 4 nitrogen and oxygen atoms in total. The van der Waals surface area contributed by atoms with Gasteiger partial charge in [0.15, 0.2) is 0 Å². The van der Waals surface area contributed by atoms with Gasteiger partial charge in [0.05, 0.1) is 12.1 Å². The number of carbonyl (C=O) groups is 1. The van der Waals surface area contributed by atoms with Crippen LogP contribution >= 0.6 is 0 Å². The SMILES string of the molecule is CCC[C@H]1CCC[C@H]([C@H](O)c2cccc(F)c2)N1C(=O)O. The maximum Gasteiger partial charge on any atom is 0.407 e. The minimum Gasteiger partial charge on any atom is -0.465 e. The summed E-state index contributed by atoms with van der Waals surface area (Å²) in [5.74, 6) is -0.422. The predicted molar refractivity (Wildman–Crippen MR) is 77.6 cm³/mol. The van der Waals surface area contributed by atoms with Crippen molar-refractivity contribution >= 4 is 6.09 Å². The normalized spacial score (nSPS) is 23.9. The monoisotopic (exact) mass is 295 g/mol. The van der Waals surface area contributed by atoms with Gasteiger partial charge in [-0.2, -0.15) is 0 Å². The number of carboxylic acid groups (broad SMARTS) is 1. The van der Waals surface area contributed by atoms with Crippen LogP contribution in [0.5, 0.6) is 0 Å². The number of piperidine rings is 1. The lowest BCUT2D eigenvalue weighted by molar-refractivity contribution is 0.000219. The Balaban J connectivity index is 2.24. The number of hydrogen-bond acceptors (Lipinski definition) is 2. The van der Waals surface area contributed by atoms with Crippen LogP contribution in [0.4, 0.5) is 9.18 Å². The van der Waals surface area contributed by atoms with Gasteiger partial charge in [-0.15, -0.1) is 0 Å². The molecule has 0 spiro atoms. The summed E-state index contributed by atoms with van der Waals surface area (Å²) in [7, 11) is 0. The van der Waals surface area contributed by atoms with Gasteiger partial charge in [-0.25, -0.2) is 9.18 Å². The predicted octanol–water partition coefficient (Wildman–Crippen LogP) is 3.56. The molecule has 0 radical (unpaired) electrons. The third kappa shape index (κ3) is 3.53. The highest BCUT2D eigenvalue weighted by Crippen LogP contribution is 2.33. The molecule has 2 rings (SSSR count). The van der Waals surface area contributed by atoms with Gasteiger partial charge in [0, 0.05) is 6.04 Å². The fourth-order valence-electron chi connectivity index (χ4n) is 3.25. The number of hydrogen-bond donors (Lipinski definition) is 2. The van der Waals surface area contributed by atoms with Crippen molar-refractivity contribution in [2.24, 2.45) is 0 Å². The van der Waals surface area contributed by atoms with Crippen LogP contribution in [0.15, 0.2) is 24.3 Å². The first kappa shape index (κ1) is 15.8. The standard InChI is InChI=1S/C16H22FNO3/c1-2-5-13-8-4-9-14(18(13)16(20)21)15(19)11-6-3-7-12(17)10-11/h3,6-7,10,13-15,19H,2,4-5,8-9H2,1H3,(H,20,21)/t13-,14+,15+/m0/s1. The van der Waals surface area contributed by atoms with E-state index in [2.05, 4.69) is 0 Å². The third-order valence-electron chi connectivity index (χ3n) is 4.19. The Bertz CT molecular complexity index is 492. The highest BCUT2D eigenvalue weighted by atomic mass is 19.1. The van der Waals surface area contributed by atoms with E-state index in [4.69, 9.17) is 0 Å². The quantitative estimate of drug-likeness (QED) is 0.893. The molecule has 0 aromatic heterocycles. The van der Waals surface area contributed by atoms with Gasteiger partial charge in [0.25, 0.3) is 0 Å². The highest BCUT2D eigenvalue weighted by molar-refractivity contribution is 5.66. The molecule has 1 aliphatic rings. The Morgan fingerprint density at radius 2 is 2.24 bits per heavy atom. The van der Waals surface area contributed by atoms with E-state index in [-0.39, 0.29) is 6.04 Å². The van der Waals surface area contributed by atoms with Crippen LogP contribution in [0, 0.1) is 5.82 Å². The van der Waals surface area contributed by atoms with Gasteiger partial charge in [-0.3, -0.25) is 4.90 Å². The summed E-state index contributed by atoms with van der Waals surface area (Å²) in [4.78, 5) is 13.0. The molecular weight excluding hydrogens is 273 g/mol. The van der Waals surface area contributed by atoms with Gasteiger partial charge in [0.2, 0.25) is 0 Å². The van der Waals surface area contributed by atoms with Crippen molar-refractivity contribution in [3.05, 3.63) is 35.6 Å². The summed E-state index contributed by atoms with van der Waals surface area (Å²) in [5.41, 5.74) is 0.434. The Labute approximate surface area is 124 Å². The fraction of sp³-hybridized carbons (Fsp3) is 0.562. The number of amides is 1. The molecule has 1 heterocycles. The van der Waals surface area contributed by atoms with E-state index in [0.717, 1.165) is 25.7 Å². The van der Waals surface area contributed by atoms with Crippen LogP contribution in [0.3, 0.4) is 0 Å². The number of likely N-dealkylation sites (tertiary alicyclic amines) is 1. The zero-order valence-electron chi connectivity index (χ0n) is 12.2. The molecule has 1 fully saturated rings. The number of aliphatic hydroxyl groups excluding tert-OH is 1. The zero-order valence-corrected chi connectivity index (χ0v) is 12.2. The minimum absolute atomic E-state index is 0.0607. The van der Waals surface area contributed by atoms with Gasteiger partial charge in [-0.1, -0.05) is 25.5 Å². The molecule has 5 heteroatoms. The molecule has 0 bridgehead atoms. The third-order valence-corrected chi connectivity index (χ3v) is 4.19. The lowest BCUT2D eigenvalue weighted by Gasteiger charge is -2.42. The van der Waals surface area contributed by atoms with E-state index in [9.17, 15) is 19.4 Å². The summed E-state index contributed by atoms with van der Waals surface area (Å²) in [5, 5.41) is 20.0. The molecule has 1 amide bonds. The molecule has 2 N–H and O–H groups in total. The van der Waals surface area contributed by atoms with E-state index in [1.807, 2.05) is 6.92 Å². The highest BCUT2D eigenvalue weighted by Gasteiger charge is 2.38. The Kier molecular flexibility index (Phi) is 5.17. The van der Waals surface area contributed by atoms with Gasteiger partial charge >= 0.3 is 6.09 Å². The molecule has 116 valence electrons. The van der Waals surface area contributed by atoms with Crippen molar-refractivity contribution < 1.29 is 19.4 Å². The van der Waals surface area contributed by atoms with Gasteiger partial charge < -0.3 is 10.2 Å². The van der Waals surface area contributed by atoms with Crippen LogP contribution in [0.2, 0.25) is 0 Å². The number of nitrogens with zero attached hydrogens (tertiary/aromatic N) is 1. The first-order valence-corrected chi connectivity index (χ1v) is 7.49. The molecule has 0 aliphatic carbocycles.